The van der Waals surface area contributed by atoms with Gasteiger partial charge < -0.3 is 15.8 Å². The molecule has 0 atom stereocenters. The Hall–Kier alpha value is -2.30. The lowest BCUT2D eigenvalue weighted by molar-refractivity contribution is 0.234. The van der Waals surface area contributed by atoms with Crippen LogP contribution < -0.4 is 15.8 Å². The van der Waals surface area contributed by atoms with Gasteiger partial charge in [-0.2, -0.15) is 4.98 Å². The molecular weight excluding hydrogens is 252 g/mol. The van der Waals surface area contributed by atoms with E-state index in [0.29, 0.717) is 23.9 Å². The number of nitrogens with one attached hydrogen (secondary N) is 1. The fourth-order valence-electron chi connectivity index (χ4n) is 1.85. The maximum absolute atomic E-state index is 6.01. The normalized spacial score (nSPS) is 10.6. The lowest BCUT2D eigenvalue weighted by Gasteiger charge is -2.13. The molecule has 0 radical (unpaired) electrons. The van der Waals surface area contributed by atoms with E-state index in [4.69, 9.17) is 10.5 Å². The van der Waals surface area contributed by atoms with Gasteiger partial charge in [0.25, 0.3) is 0 Å². The van der Waals surface area contributed by atoms with Gasteiger partial charge in [0.2, 0.25) is 5.88 Å². The third kappa shape index (κ3) is 3.60. The van der Waals surface area contributed by atoms with Gasteiger partial charge in [-0.25, -0.2) is 4.98 Å². The fourth-order valence-corrected chi connectivity index (χ4v) is 1.85. The molecule has 3 N–H and O–H groups in total. The molecular formula is C15H20N4O. The molecule has 0 saturated heterocycles. The summed E-state index contributed by atoms with van der Waals surface area (Å²) >= 11 is 0. The Labute approximate surface area is 119 Å². The van der Waals surface area contributed by atoms with E-state index in [-0.39, 0.29) is 6.10 Å². The maximum Gasteiger partial charge on any atom is 0.242 e. The van der Waals surface area contributed by atoms with Crippen LogP contribution in [0.4, 0.5) is 11.5 Å². The number of benzene rings is 1. The van der Waals surface area contributed by atoms with Crippen LogP contribution >= 0.6 is 0 Å². The van der Waals surface area contributed by atoms with Crippen LogP contribution in [-0.2, 0) is 6.54 Å². The van der Waals surface area contributed by atoms with E-state index in [1.54, 1.807) is 0 Å². The molecule has 0 bridgehead atoms. The minimum absolute atomic E-state index is 0.0248. The van der Waals surface area contributed by atoms with Crippen molar-refractivity contribution in [1.29, 1.82) is 0 Å². The van der Waals surface area contributed by atoms with Crippen molar-refractivity contribution < 1.29 is 4.74 Å². The predicted octanol–water partition coefficient (Wildman–Crippen LogP) is 2.77. The number of nitrogen functional groups attached to an aromatic ring is 1. The Morgan fingerprint density at radius 1 is 1.30 bits per heavy atom. The molecule has 0 amide bonds. The fraction of sp³-hybridized carbons (Fsp3) is 0.333. The molecule has 0 fully saturated rings. The summed E-state index contributed by atoms with van der Waals surface area (Å²) in [5, 5.41) is 3.21. The summed E-state index contributed by atoms with van der Waals surface area (Å²) in [6.45, 7) is 6.59. The Kier molecular flexibility index (Phi) is 4.40. The zero-order chi connectivity index (χ0) is 14.5. The summed E-state index contributed by atoms with van der Waals surface area (Å²) in [6, 6.07) is 8.28. The quantitative estimate of drug-likeness (QED) is 0.875. The molecule has 0 aliphatic carbocycles. The lowest BCUT2D eigenvalue weighted by Crippen LogP contribution is -2.12. The van der Waals surface area contributed by atoms with Crippen LogP contribution in [0.5, 0.6) is 5.88 Å². The number of ether oxygens (including phenoxy) is 1. The van der Waals surface area contributed by atoms with Crippen LogP contribution in [0.1, 0.15) is 25.0 Å². The zero-order valence-corrected chi connectivity index (χ0v) is 12.1. The number of hydrogen-bond donors (Lipinski definition) is 2. The number of aromatic nitrogens is 2. The summed E-state index contributed by atoms with van der Waals surface area (Å²) in [7, 11) is 0. The standard InChI is InChI=1S/C15H20N4O/c1-10(2)20-15-13(16)14(18-9-19-15)17-8-12-6-4-5-11(3)7-12/h4-7,9-10H,8,16H2,1-3H3,(H,17,18,19). The summed E-state index contributed by atoms with van der Waals surface area (Å²) < 4.78 is 5.54. The van der Waals surface area contributed by atoms with Gasteiger partial charge in [-0.1, -0.05) is 29.8 Å². The number of nitrogens with two attached hydrogens (primary N) is 1. The Morgan fingerprint density at radius 3 is 2.80 bits per heavy atom. The third-order valence-corrected chi connectivity index (χ3v) is 2.74. The summed E-state index contributed by atoms with van der Waals surface area (Å²) in [6.07, 6.45) is 1.48. The highest BCUT2D eigenvalue weighted by molar-refractivity contribution is 5.66. The second-order valence-corrected chi connectivity index (χ2v) is 4.95. The van der Waals surface area contributed by atoms with Crippen molar-refractivity contribution in [3.05, 3.63) is 41.7 Å². The van der Waals surface area contributed by atoms with Crippen LogP contribution in [0.15, 0.2) is 30.6 Å². The van der Waals surface area contributed by atoms with Gasteiger partial charge in [-0.3, -0.25) is 0 Å². The molecule has 0 aliphatic heterocycles. The highest BCUT2D eigenvalue weighted by Gasteiger charge is 2.10. The van der Waals surface area contributed by atoms with Crippen molar-refractivity contribution in [2.24, 2.45) is 0 Å². The van der Waals surface area contributed by atoms with Gasteiger partial charge in [0.1, 0.15) is 12.0 Å². The largest absolute Gasteiger partial charge is 0.473 e. The maximum atomic E-state index is 6.01. The van der Waals surface area contributed by atoms with Crippen molar-refractivity contribution >= 4 is 11.5 Å². The van der Waals surface area contributed by atoms with E-state index < -0.39 is 0 Å². The van der Waals surface area contributed by atoms with E-state index in [2.05, 4.69) is 40.4 Å². The molecule has 0 unspecified atom stereocenters. The van der Waals surface area contributed by atoms with Gasteiger partial charge in [-0.15, -0.1) is 0 Å². The Bertz CT molecular complexity index is 584. The molecule has 1 aromatic carbocycles. The van der Waals surface area contributed by atoms with Crippen molar-refractivity contribution in [2.45, 2.75) is 33.4 Å². The summed E-state index contributed by atoms with van der Waals surface area (Å²) in [4.78, 5) is 8.21. The van der Waals surface area contributed by atoms with Gasteiger partial charge in [0, 0.05) is 6.54 Å². The molecule has 5 heteroatoms. The molecule has 106 valence electrons. The number of anilines is 2. The summed E-state index contributed by atoms with van der Waals surface area (Å²) in [5.41, 5.74) is 8.85. The lowest BCUT2D eigenvalue weighted by atomic mass is 10.1. The van der Waals surface area contributed by atoms with Gasteiger partial charge in [0.05, 0.1) is 6.10 Å². The average Bonchev–Trinajstić information content (AvgIpc) is 2.39. The molecule has 2 aromatic rings. The van der Waals surface area contributed by atoms with Crippen molar-refractivity contribution in [1.82, 2.24) is 9.97 Å². The first-order valence-corrected chi connectivity index (χ1v) is 6.63. The van der Waals surface area contributed by atoms with Crippen molar-refractivity contribution in [3.63, 3.8) is 0 Å². The van der Waals surface area contributed by atoms with Crippen LogP contribution in [0.25, 0.3) is 0 Å². The molecule has 5 nitrogen and oxygen atoms in total. The zero-order valence-electron chi connectivity index (χ0n) is 12.1. The third-order valence-electron chi connectivity index (χ3n) is 2.74. The predicted molar refractivity (Wildman–Crippen MR) is 80.7 cm³/mol. The van der Waals surface area contributed by atoms with Gasteiger partial charge in [0.15, 0.2) is 5.82 Å². The average molecular weight is 272 g/mol. The highest BCUT2D eigenvalue weighted by Crippen LogP contribution is 2.25. The van der Waals surface area contributed by atoms with E-state index in [0.717, 1.165) is 0 Å². The van der Waals surface area contributed by atoms with Crippen molar-refractivity contribution in [2.75, 3.05) is 11.1 Å². The molecule has 1 heterocycles. The SMILES string of the molecule is Cc1cccc(CNc2ncnc(OC(C)C)c2N)c1. The monoisotopic (exact) mass is 272 g/mol. The molecule has 0 spiro atoms. The van der Waals surface area contributed by atoms with E-state index in [9.17, 15) is 0 Å². The molecule has 2 rings (SSSR count). The smallest absolute Gasteiger partial charge is 0.242 e. The molecule has 0 aliphatic rings. The summed E-state index contributed by atoms with van der Waals surface area (Å²) in [5.74, 6) is 1.01. The van der Waals surface area contributed by atoms with Crippen molar-refractivity contribution in [3.8, 4) is 5.88 Å². The molecule has 1 aromatic heterocycles. The minimum atomic E-state index is 0.0248. The number of rotatable bonds is 5. The Morgan fingerprint density at radius 2 is 2.10 bits per heavy atom. The number of nitrogens with zero attached hydrogens (tertiary/aromatic N) is 2. The molecule has 20 heavy (non-hydrogen) atoms. The van der Waals surface area contributed by atoms with Gasteiger partial charge in [-0.05, 0) is 26.3 Å². The molecule has 0 saturated carbocycles. The minimum Gasteiger partial charge on any atom is -0.473 e. The van der Waals surface area contributed by atoms with E-state index in [1.807, 2.05) is 19.9 Å². The second-order valence-electron chi connectivity index (χ2n) is 4.95. The second kappa shape index (κ2) is 6.23. The van der Waals surface area contributed by atoms with Crippen LogP contribution in [0.2, 0.25) is 0 Å². The van der Waals surface area contributed by atoms with Crippen LogP contribution in [0, 0.1) is 6.92 Å². The topological polar surface area (TPSA) is 73.1 Å². The first-order valence-electron chi connectivity index (χ1n) is 6.63. The first-order chi connectivity index (χ1) is 9.56. The first kappa shape index (κ1) is 14.1. The van der Waals surface area contributed by atoms with Gasteiger partial charge >= 0.3 is 0 Å². The van der Waals surface area contributed by atoms with Crippen LogP contribution in [0.3, 0.4) is 0 Å². The van der Waals surface area contributed by atoms with Crippen LogP contribution in [-0.4, -0.2) is 16.1 Å². The van der Waals surface area contributed by atoms with E-state index >= 15 is 0 Å². The number of aryl methyl sites for hydroxylation is 1. The highest BCUT2D eigenvalue weighted by atomic mass is 16.5. The Balaban J connectivity index is 2.10. The number of hydrogen-bond acceptors (Lipinski definition) is 5. The van der Waals surface area contributed by atoms with E-state index in [1.165, 1.54) is 17.5 Å².